The monoisotopic (exact) mass is 300 g/mol. The molecule has 0 atom stereocenters. The third-order valence-electron chi connectivity index (χ3n) is 2.68. The van der Waals surface area contributed by atoms with Crippen LogP contribution in [-0.4, -0.2) is 8.42 Å². The molecule has 7 heteroatoms. The summed E-state index contributed by atoms with van der Waals surface area (Å²) < 4.78 is 39.5. The minimum Gasteiger partial charge on any atom is -0.398 e. The van der Waals surface area contributed by atoms with E-state index in [1.807, 2.05) is 17.7 Å². The Morgan fingerprint density at radius 1 is 1.37 bits per heavy atom. The number of nitrogen functional groups attached to an aromatic ring is 1. The first-order valence-electron chi connectivity index (χ1n) is 5.46. The Labute approximate surface area is 115 Å². The number of thiophene rings is 1. The molecular weight excluding hydrogens is 287 g/mol. The molecule has 0 saturated carbocycles. The van der Waals surface area contributed by atoms with Crippen LogP contribution in [0, 0.1) is 12.7 Å². The van der Waals surface area contributed by atoms with Crippen molar-refractivity contribution in [3.8, 4) is 0 Å². The van der Waals surface area contributed by atoms with Gasteiger partial charge in [-0.1, -0.05) is 0 Å². The SMILES string of the molecule is Cc1cscc1CNS(=O)(=O)c1ccc(F)cc1N. The molecule has 0 saturated heterocycles. The average Bonchev–Trinajstić information content (AvgIpc) is 2.72. The fraction of sp³-hybridized carbons (Fsp3) is 0.167. The summed E-state index contributed by atoms with van der Waals surface area (Å²) in [5.74, 6) is -0.565. The lowest BCUT2D eigenvalue weighted by atomic mass is 10.2. The number of nitrogens with two attached hydrogens (primary N) is 1. The Balaban J connectivity index is 2.21. The highest BCUT2D eigenvalue weighted by molar-refractivity contribution is 7.89. The molecule has 0 bridgehead atoms. The van der Waals surface area contributed by atoms with Crippen LogP contribution in [0.15, 0.2) is 33.9 Å². The number of rotatable bonds is 4. The van der Waals surface area contributed by atoms with Gasteiger partial charge in [-0.2, -0.15) is 11.3 Å². The van der Waals surface area contributed by atoms with E-state index in [0.717, 1.165) is 29.3 Å². The summed E-state index contributed by atoms with van der Waals surface area (Å²) in [6.45, 7) is 2.10. The first kappa shape index (κ1) is 14.0. The van der Waals surface area contributed by atoms with E-state index in [9.17, 15) is 12.8 Å². The van der Waals surface area contributed by atoms with Crippen molar-refractivity contribution in [3.63, 3.8) is 0 Å². The van der Waals surface area contributed by atoms with E-state index in [0.29, 0.717) is 0 Å². The zero-order valence-electron chi connectivity index (χ0n) is 10.2. The van der Waals surface area contributed by atoms with Gasteiger partial charge in [0.2, 0.25) is 10.0 Å². The van der Waals surface area contributed by atoms with Gasteiger partial charge >= 0.3 is 0 Å². The second-order valence-electron chi connectivity index (χ2n) is 4.09. The van der Waals surface area contributed by atoms with Crippen molar-refractivity contribution >= 4 is 27.0 Å². The van der Waals surface area contributed by atoms with Gasteiger partial charge < -0.3 is 5.73 Å². The smallest absolute Gasteiger partial charge is 0.242 e. The van der Waals surface area contributed by atoms with Crippen molar-refractivity contribution in [2.45, 2.75) is 18.4 Å². The van der Waals surface area contributed by atoms with Crippen molar-refractivity contribution in [1.82, 2.24) is 4.72 Å². The molecule has 19 heavy (non-hydrogen) atoms. The lowest BCUT2D eigenvalue weighted by molar-refractivity contribution is 0.581. The maximum Gasteiger partial charge on any atom is 0.242 e. The molecular formula is C12H13FN2O2S2. The van der Waals surface area contributed by atoms with Crippen molar-refractivity contribution in [2.75, 3.05) is 5.73 Å². The molecule has 0 radical (unpaired) electrons. The van der Waals surface area contributed by atoms with Crippen LogP contribution < -0.4 is 10.5 Å². The molecule has 0 aliphatic carbocycles. The number of hydrogen-bond donors (Lipinski definition) is 2. The first-order valence-corrected chi connectivity index (χ1v) is 7.89. The quantitative estimate of drug-likeness (QED) is 0.851. The van der Waals surface area contributed by atoms with Crippen LogP contribution in [0.3, 0.4) is 0 Å². The van der Waals surface area contributed by atoms with Gasteiger partial charge in [0, 0.05) is 6.54 Å². The number of sulfonamides is 1. The van der Waals surface area contributed by atoms with Crippen LogP contribution in [0.2, 0.25) is 0 Å². The van der Waals surface area contributed by atoms with Gasteiger partial charge in [-0.05, 0) is 47.0 Å². The highest BCUT2D eigenvalue weighted by Crippen LogP contribution is 2.20. The van der Waals surface area contributed by atoms with Crippen LogP contribution in [0.4, 0.5) is 10.1 Å². The van der Waals surface area contributed by atoms with Gasteiger partial charge in [0.15, 0.2) is 0 Å². The van der Waals surface area contributed by atoms with Gasteiger partial charge in [0.1, 0.15) is 10.7 Å². The van der Waals surface area contributed by atoms with Gasteiger partial charge in [0.05, 0.1) is 5.69 Å². The Morgan fingerprint density at radius 3 is 2.68 bits per heavy atom. The standard InChI is InChI=1S/C12H13FN2O2S2/c1-8-6-18-7-9(8)5-15-19(16,17)12-3-2-10(13)4-11(12)14/h2-4,6-7,15H,5,14H2,1H3. The molecule has 2 aromatic rings. The maximum absolute atomic E-state index is 12.9. The molecule has 0 spiro atoms. The lowest BCUT2D eigenvalue weighted by Gasteiger charge is -2.09. The van der Waals surface area contributed by atoms with Crippen LogP contribution in [0.25, 0.3) is 0 Å². The van der Waals surface area contributed by atoms with Crippen LogP contribution in [0.1, 0.15) is 11.1 Å². The van der Waals surface area contributed by atoms with Gasteiger partial charge in [0.25, 0.3) is 0 Å². The maximum atomic E-state index is 12.9. The summed E-state index contributed by atoms with van der Waals surface area (Å²) in [6.07, 6.45) is 0. The van der Waals surface area contributed by atoms with Gasteiger partial charge in [-0.15, -0.1) is 0 Å². The van der Waals surface area contributed by atoms with Crippen LogP contribution in [-0.2, 0) is 16.6 Å². The van der Waals surface area contributed by atoms with Gasteiger partial charge in [-0.25, -0.2) is 17.5 Å². The topological polar surface area (TPSA) is 72.2 Å². The van der Waals surface area contributed by atoms with E-state index in [1.54, 1.807) is 0 Å². The summed E-state index contributed by atoms with van der Waals surface area (Å²) in [4.78, 5) is -0.109. The van der Waals surface area contributed by atoms with Crippen molar-refractivity contribution < 1.29 is 12.8 Å². The van der Waals surface area contributed by atoms with Crippen molar-refractivity contribution in [1.29, 1.82) is 0 Å². The predicted molar refractivity (Wildman–Crippen MR) is 73.9 cm³/mol. The molecule has 0 fully saturated rings. The summed E-state index contributed by atoms with van der Waals surface area (Å²) in [6, 6.07) is 3.22. The second kappa shape index (κ2) is 5.28. The molecule has 0 aliphatic heterocycles. The highest BCUT2D eigenvalue weighted by Gasteiger charge is 2.17. The van der Waals surface area contributed by atoms with E-state index >= 15 is 0 Å². The summed E-state index contributed by atoms with van der Waals surface area (Å²) in [5, 5.41) is 3.82. The van der Waals surface area contributed by atoms with E-state index < -0.39 is 15.8 Å². The zero-order chi connectivity index (χ0) is 14.0. The number of benzene rings is 1. The minimum absolute atomic E-state index is 0.102. The molecule has 3 N–H and O–H groups in total. The van der Waals surface area contributed by atoms with Crippen molar-refractivity contribution in [3.05, 3.63) is 45.9 Å². The van der Waals surface area contributed by atoms with E-state index in [-0.39, 0.29) is 17.1 Å². The molecule has 1 aromatic heterocycles. The lowest BCUT2D eigenvalue weighted by Crippen LogP contribution is -2.24. The summed E-state index contributed by atoms with van der Waals surface area (Å²) in [7, 11) is -3.74. The number of hydrogen-bond acceptors (Lipinski definition) is 4. The third kappa shape index (κ3) is 3.12. The average molecular weight is 300 g/mol. The zero-order valence-corrected chi connectivity index (χ0v) is 11.8. The molecule has 1 heterocycles. The Morgan fingerprint density at radius 2 is 2.11 bits per heavy atom. The molecule has 0 amide bonds. The molecule has 1 aromatic carbocycles. The second-order valence-corrected chi connectivity index (χ2v) is 6.57. The fourth-order valence-corrected chi connectivity index (χ4v) is 3.56. The Kier molecular flexibility index (Phi) is 3.88. The van der Waals surface area contributed by atoms with E-state index in [2.05, 4.69) is 4.72 Å². The molecule has 4 nitrogen and oxygen atoms in total. The predicted octanol–water partition coefficient (Wildman–Crippen LogP) is 2.26. The number of nitrogens with one attached hydrogen (secondary N) is 1. The number of aryl methyl sites for hydroxylation is 1. The van der Waals surface area contributed by atoms with Crippen LogP contribution in [0.5, 0.6) is 0 Å². The minimum atomic E-state index is -3.74. The molecule has 2 rings (SSSR count). The third-order valence-corrected chi connectivity index (χ3v) is 5.06. The van der Waals surface area contributed by atoms with Gasteiger partial charge in [-0.3, -0.25) is 0 Å². The van der Waals surface area contributed by atoms with Crippen LogP contribution >= 0.6 is 11.3 Å². The molecule has 0 aliphatic rings. The summed E-state index contributed by atoms with van der Waals surface area (Å²) in [5.41, 5.74) is 7.37. The highest BCUT2D eigenvalue weighted by atomic mass is 32.2. The fourth-order valence-electron chi connectivity index (χ4n) is 1.58. The molecule has 0 unspecified atom stereocenters. The Bertz CT molecular complexity index is 696. The number of anilines is 1. The number of halogens is 1. The largest absolute Gasteiger partial charge is 0.398 e. The Hall–Kier alpha value is -1.44. The van der Waals surface area contributed by atoms with Crippen molar-refractivity contribution in [2.24, 2.45) is 0 Å². The normalized spacial score (nSPS) is 11.7. The first-order chi connectivity index (χ1) is 8.90. The molecule has 102 valence electrons. The van der Waals surface area contributed by atoms with E-state index in [1.165, 1.54) is 11.3 Å². The van der Waals surface area contributed by atoms with E-state index in [4.69, 9.17) is 5.73 Å². The summed E-state index contributed by atoms with van der Waals surface area (Å²) >= 11 is 1.51.